The molecule has 0 bridgehead atoms. The van der Waals surface area contributed by atoms with E-state index in [1.807, 2.05) is 6.92 Å². The van der Waals surface area contributed by atoms with Crippen LogP contribution >= 0.6 is 0 Å². The molecular formula is C13H12N4O3. The maximum absolute atomic E-state index is 5.44. The van der Waals surface area contributed by atoms with E-state index < -0.39 is 0 Å². The minimum atomic E-state index is 0.300. The van der Waals surface area contributed by atoms with Gasteiger partial charge in [0.05, 0.1) is 12.8 Å². The third kappa shape index (κ3) is 2.13. The minimum Gasteiger partial charge on any atom is -0.481 e. The van der Waals surface area contributed by atoms with Crippen LogP contribution in [0.2, 0.25) is 0 Å². The highest BCUT2D eigenvalue weighted by atomic mass is 16.5. The van der Waals surface area contributed by atoms with Gasteiger partial charge in [-0.3, -0.25) is 0 Å². The van der Waals surface area contributed by atoms with Crippen molar-refractivity contribution < 1.29 is 13.7 Å². The molecule has 0 radical (unpaired) electrons. The molecule has 0 aliphatic carbocycles. The van der Waals surface area contributed by atoms with Crippen LogP contribution in [0.3, 0.4) is 0 Å². The summed E-state index contributed by atoms with van der Waals surface area (Å²) in [5, 5.41) is 3.91. The molecule has 3 aromatic heterocycles. The van der Waals surface area contributed by atoms with E-state index in [9.17, 15) is 0 Å². The summed E-state index contributed by atoms with van der Waals surface area (Å²) in [4.78, 5) is 12.6. The predicted octanol–water partition coefficient (Wildman–Crippen LogP) is 2.41. The predicted molar refractivity (Wildman–Crippen MR) is 69.1 cm³/mol. The van der Waals surface area contributed by atoms with Gasteiger partial charge in [-0.05, 0) is 13.0 Å². The second kappa shape index (κ2) is 4.76. The van der Waals surface area contributed by atoms with Gasteiger partial charge in [0, 0.05) is 24.8 Å². The summed E-state index contributed by atoms with van der Waals surface area (Å²) in [6.45, 7) is 3.59. The van der Waals surface area contributed by atoms with Crippen molar-refractivity contribution in [2.45, 2.75) is 13.8 Å². The number of rotatable bonds is 3. The lowest BCUT2D eigenvalue weighted by atomic mass is 10.3. The van der Waals surface area contributed by atoms with Gasteiger partial charge in [0.2, 0.25) is 17.5 Å². The molecule has 3 aromatic rings. The second-order valence-electron chi connectivity index (χ2n) is 4.16. The van der Waals surface area contributed by atoms with Crippen LogP contribution in [0.25, 0.3) is 23.0 Å². The number of pyridine rings is 1. The summed E-state index contributed by atoms with van der Waals surface area (Å²) in [5.41, 5.74) is 1.44. The first-order valence-corrected chi connectivity index (χ1v) is 5.96. The standard InChI is InChI=1S/C13H12N4O3/c1-7-11(19-8(2)15-7)13-16-12(17-20-13)9-4-5-10(18-3)14-6-9/h4-6H,1-3H3. The first kappa shape index (κ1) is 12.3. The zero-order valence-electron chi connectivity index (χ0n) is 11.2. The molecule has 0 atom stereocenters. The summed E-state index contributed by atoms with van der Waals surface area (Å²) in [6, 6.07) is 3.54. The van der Waals surface area contributed by atoms with Crippen molar-refractivity contribution in [2.75, 3.05) is 7.11 Å². The number of hydrogen-bond acceptors (Lipinski definition) is 7. The van der Waals surface area contributed by atoms with E-state index >= 15 is 0 Å². The monoisotopic (exact) mass is 272 g/mol. The number of methoxy groups -OCH3 is 1. The summed E-state index contributed by atoms with van der Waals surface area (Å²) >= 11 is 0. The van der Waals surface area contributed by atoms with E-state index in [1.54, 1.807) is 32.4 Å². The second-order valence-corrected chi connectivity index (χ2v) is 4.16. The Labute approximate surface area is 114 Å². The Bertz CT molecular complexity index is 730. The average molecular weight is 272 g/mol. The van der Waals surface area contributed by atoms with Crippen LogP contribution in [-0.2, 0) is 0 Å². The van der Waals surface area contributed by atoms with Crippen molar-refractivity contribution in [3.63, 3.8) is 0 Å². The molecule has 0 saturated heterocycles. The summed E-state index contributed by atoms with van der Waals surface area (Å²) < 4.78 is 15.6. The molecule has 0 N–H and O–H groups in total. The van der Waals surface area contributed by atoms with Crippen LogP contribution in [0.1, 0.15) is 11.6 Å². The highest BCUT2D eigenvalue weighted by molar-refractivity contribution is 5.57. The highest BCUT2D eigenvalue weighted by Crippen LogP contribution is 2.25. The Morgan fingerprint density at radius 1 is 1.15 bits per heavy atom. The minimum absolute atomic E-state index is 0.300. The topological polar surface area (TPSA) is 87.1 Å². The van der Waals surface area contributed by atoms with Crippen LogP contribution in [-0.4, -0.2) is 27.2 Å². The Hall–Kier alpha value is -2.70. The van der Waals surface area contributed by atoms with Crippen molar-refractivity contribution in [3.05, 3.63) is 29.9 Å². The van der Waals surface area contributed by atoms with Crippen LogP contribution in [0.4, 0.5) is 0 Å². The number of aromatic nitrogens is 4. The maximum Gasteiger partial charge on any atom is 0.295 e. The number of nitrogens with zero attached hydrogens (tertiary/aromatic N) is 4. The van der Waals surface area contributed by atoms with Crippen molar-refractivity contribution in [3.8, 4) is 28.9 Å². The Morgan fingerprint density at radius 2 is 2.00 bits per heavy atom. The zero-order valence-corrected chi connectivity index (χ0v) is 11.2. The molecule has 0 aliphatic rings. The fourth-order valence-corrected chi connectivity index (χ4v) is 1.80. The molecule has 7 nitrogen and oxygen atoms in total. The van der Waals surface area contributed by atoms with Gasteiger partial charge in [-0.25, -0.2) is 9.97 Å². The Balaban J connectivity index is 1.95. The average Bonchev–Trinajstić information content (AvgIpc) is 3.05. The van der Waals surface area contributed by atoms with Gasteiger partial charge >= 0.3 is 0 Å². The van der Waals surface area contributed by atoms with Gasteiger partial charge in [0.1, 0.15) is 0 Å². The molecule has 0 saturated carbocycles. The Kier molecular flexibility index (Phi) is 2.94. The highest BCUT2D eigenvalue weighted by Gasteiger charge is 2.17. The van der Waals surface area contributed by atoms with E-state index in [4.69, 9.17) is 13.7 Å². The van der Waals surface area contributed by atoms with Gasteiger partial charge in [-0.1, -0.05) is 5.16 Å². The largest absolute Gasteiger partial charge is 0.481 e. The molecule has 0 unspecified atom stereocenters. The number of hydrogen-bond donors (Lipinski definition) is 0. The van der Waals surface area contributed by atoms with Crippen molar-refractivity contribution in [1.82, 2.24) is 20.1 Å². The molecule has 20 heavy (non-hydrogen) atoms. The quantitative estimate of drug-likeness (QED) is 0.723. The zero-order chi connectivity index (χ0) is 14.1. The van der Waals surface area contributed by atoms with E-state index in [0.29, 0.717) is 34.9 Å². The van der Waals surface area contributed by atoms with Crippen molar-refractivity contribution >= 4 is 0 Å². The van der Waals surface area contributed by atoms with Crippen LogP contribution in [0, 0.1) is 13.8 Å². The van der Waals surface area contributed by atoms with E-state index in [0.717, 1.165) is 5.56 Å². The van der Waals surface area contributed by atoms with Crippen LogP contribution < -0.4 is 4.74 Å². The third-order valence-electron chi connectivity index (χ3n) is 2.73. The van der Waals surface area contributed by atoms with E-state index in [-0.39, 0.29) is 0 Å². The van der Waals surface area contributed by atoms with Gasteiger partial charge in [0.15, 0.2) is 5.89 Å². The van der Waals surface area contributed by atoms with Gasteiger partial charge in [-0.15, -0.1) is 0 Å². The van der Waals surface area contributed by atoms with Gasteiger partial charge in [-0.2, -0.15) is 4.98 Å². The molecular weight excluding hydrogens is 260 g/mol. The molecule has 0 aromatic carbocycles. The summed E-state index contributed by atoms with van der Waals surface area (Å²) in [7, 11) is 1.56. The smallest absolute Gasteiger partial charge is 0.295 e. The van der Waals surface area contributed by atoms with Crippen LogP contribution in [0.15, 0.2) is 27.3 Å². The fraction of sp³-hybridized carbons (Fsp3) is 0.231. The maximum atomic E-state index is 5.44. The van der Waals surface area contributed by atoms with Gasteiger partial charge < -0.3 is 13.7 Å². The number of ether oxygens (including phenoxy) is 1. The van der Waals surface area contributed by atoms with Crippen molar-refractivity contribution in [2.24, 2.45) is 0 Å². The molecule has 3 rings (SSSR count). The van der Waals surface area contributed by atoms with Crippen LogP contribution in [0.5, 0.6) is 5.88 Å². The van der Waals surface area contributed by atoms with Gasteiger partial charge in [0.25, 0.3) is 5.89 Å². The fourth-order valence-electron chi connectivity index (χ4n) is 1.80. The SMILES string of the molecule is COc1ccc(-c2noc(-c3oc(C)nc3C)n2)cn1. The summed E-state index contributed by atoms with van der Waals surface area (Å²) in [6.07, 6.45) is 1.62. The molecule has 0 aliphatic heterocycles. The molecule has 0 amide bonds. The lowest BCUT2D eigenvalue weighted by Crippen LogP contribution is -1.88. The first-order chi connectivity index (χ1) is 9.67. The molecule has 102 valence electrons. The van der Waals surface area contributed by atoms with E-state index in [2.05, 4.69) is 20.1 Å². The van der Waals surface area contributed by atoms with E-state index in [1.165, 1.54) is 0 Å². The molecule has 3 heterocycles. The first-order valence-electron chi connectivity index (χ1n) is 5.96. The lowest BCUT2D eigenvalue weighted by Gasteiger charge is -1.97. The molecule has 7 heteroatoms. The Morgan fingerprint density at radius 3 is 2.60 bits per heavy atom. The molecule has 0 fully saturated rings. The van der Waals surface area contributed by atoms with Crippen molar-refractivity contribution in [1.29, 1.82) is 0 Å². The normalized spacial score (nSPS) is 10.8. The lowest BCUT2D eigenvalue weighted by molar-refractivity contribution is 0.398. The summed E-state index contributed by atoms with van der Waals surface area (Å²) in [5.74, 6) is 2.31. The molecule has 0 spiro atoms. The third-order valence-corrected chi connectivity index (χ3v) is 2.73. The number of oxazole rings is 1. The number of aryl methyl sites for hydroxylation is 2.